The van der Waals surface area contributed by atoms with Crippen LogP contribution in [0.3, 0.4) is 0 Å². The van der Waals surface area contributed by atoms with E-state index >= 15 is 0 Å². The van der Waals surface area contributed by atoms with Crippen LogP contribution in [0, 0.1) is 13.8 Å². The third kappa shape index (κ3) is 3.60. The largest absolute Gasteiger partial charge is 0.496 e. The van der Waals surface area contributed by atoms with E-state index in [0.717, 1.165) is 29.3 Å². The van der Waals surface area contributed by atoms with Crippen molar-refractivity contribution < 1.29 is 4.74 Å². The van der Waals surface area contributed by atoms with Crippen molar-refractivity contribution in [3.63, 3.8) is 0 Å². The van der Waals surface area contributed by atoms with E-state index in [-0.39, 0.29) is 6.04 Å². The normalized spacial score (nSPS) is 12.4. The Morgan fingerprint density at radius 1 is 1.29 bits per heavy atom. The first-order valence-electron chi connectivity index (χ1n) is 7.19. The molecule has 0 amide bonds. The van der Waals surface area contributed by atoms with Crippen molar-refractivity contribution in [2.24, 2.45) is 0 Å². The minimum Gasteiger partial charge on any atom is -0.496 e. The highest BCUT2D eigenvalue weighted by molar-refractivity contribution is 7.10. The lowest BCUT2D eigenvalue weighted by Gasteiger charge is -2.22. The molecule has 21 heavy (non-hydrogen) atoms. The summed E-state index contributed by atoms with van der Waals surface area (Å²) in [6.07, 6.45) is 1.09. The number of halogens is 1. The van der Waals surface area contributed by atoms with E-state index in [9.17, 15) is 0 Å². The Kier molecular flexibility index (Phi) is 5.68. The molecule has 1 atom stereocenters. The monoisotopic (exact) mass is 323 g/mol. The van der Waals surface area contributed by atoms with Gasteiger partial charge in [-0.15, -0.1) is 11.3 Å². The van der Waals surface area contributed by atoms with Crippen molar-refractivity contribution in [3.05, 3.63) is 50.2 Å². The fourth-order valence-electron chi connectivity index (χ4n) is 2.44. The summed E-state index contributed by atoms with van der Waals surface area (Å²) in [5, 5.41) is 6.54. The summed E-state index contributed by atoms with van der Waals surface area (Å²) in [4.78, 5) is 1.22. The Morgan fingerprint density at radius 2 is 2.05 bits per heavy atom. The lowest BCUT2D eigenvalue weighted by Crippen LogP contribution is -2.23. The van der Waals surface area contributed by atoms with E-state index in [1.165, 1.54) is 16.0 Å². The van der Waals surface area contributed by atoms with Crippen molar-refractivity contribution in [3.8, 4) is 5.75 Å². The van der Waals surface area contributed by atoms with Crippen LogP contribution < -0.4 is 10.1 Å². The predicted molar refractivity (Wildman–Crippen MR) is 91.9 cm³/mol. The molecule has 0 aliphatic carbocycles. The SMILES string of the molecule is CCCNC(c1cc(C)c(Cl)cc1C)c1sccc1OC. The highest BCUT2D eigenvalue weighted by Crippen LogP contribution is 2.37. The molecule has 1 unspecified atom stereocenters. The number of thiophene rings is 1. The van der Waals surface area contributed by atoms with Gasteiger partial charge in [0.15, 0.2) is 0 Å². The zero-order valence-electron chi connectivity index (χ0n) is 13.0. The number of ether oxygens (including phenoxy) is 1. The molecule has 0 aliphatic rings. The molecule has 1 aromatic carbocycles. The standard InChI is InChI=1S/C17H22ClNOS/c1-5-7-19-16(17-15(20-4)6-8-21-17)13-9-12(3)14(18)10-11(13)2/h6,8-10,16,19H,5,7H2,1-4H3. The van der Waals surface area contributed by atoms with E-state index in [4.69, 9.17) is 16.3 Å². The quantitative estimate of drug-likeness (QED) is 0.797. The van der Waals surface area contributed by atoms with Crippen LogP contribution in [0.25, 0.3) is 0 Å². The Labute approximate surface area is 136 Å². The van der Waals surface area contributed by atoms with Crippen LogP contribution in [-0.2, 0) is 0 Å². The molecule has 0 bridgehead atoms. The molecule has 1 aromatic heterocycles. The van der Waals surface area contributed by atoms with Gasteiger partial charge >= 0.3 is 0 Å². The summed E-state index contributed by atoms with van der Waals surface area (Å²) in [6.45, 7) is 7.30. The Balaban J connectivity index is 2.48. The highest BCUT2D eigenvalue weighted by Gasteiger charge is 2.21. The van der Waals surface area contributed by atoms with E-state index in [2.05, 4.69) is 30.6 Å². The van der Waals surface area contributed by atoms with Crippen LogP contribution in [-0.4, -0.2) is 13.7 Å². The zero-order valence-corrected chi connectivity index (χ0v) is 14.6. The van der Waals surface area contributed by atoms with Crippen LogP contribution in [0.15, 0.2) is 23.6 Å². The van der Waals surface area contributed by atoms with Gasteiger partial charge in [0.05, 0.1) is 18.0 Å². The molecule has 2 aromatic rings. The topological polar surface area (TPSA) is 21.3 Å². The van der Waals surface area contributed by atoms with Crippen molar-refractivity contribution in [1.29, 1.82) is 0 Å². The van der Waals surface area contributed by atoms with E-state index in [1.807, 2.05) is 19.1 Å². The predicted octanol–water partition coefficient (Wildman–Crippen LogP) is 5.12. The fourth-order valence-corrected chi connectivity index (χ4v) is 3.61. The molecule has 114 valence electrons. The van der Waals surface area contributed by atoms with Crippen LogP contribution >= 0.6 is 22.9 Å². The minimum absolute atomic E-state index is 0.149. The first kappa shape index (κ1) is 16.3. The zero-order chi connectivity index (χ0) is 15.4. The van der Waals surface area contributed by atoms with Gasteiger partial charge in [0.25, 0.3) is 0 Å². The van der Waals surface area contributed by atoms with Gasteiger partial charge in [-0.3, -0.25) is 0 Å². The molecule has 2 rings (SSSR count). The van der Waals surface area contributed by atoms with E-state index in [0.29, 0.717) is 0 Å². The maximum Gasteiger partial charge on any atom is 0.134 e. The van der Waals surface area contributed by atoms with Gasteiger partial charge in [0.2, 0.25) is 0 Å². The molecule has 0 radical (unpaired) electrons. The number of nitrogens with one attached hydrogen (secondary N) is 1. The van der Waals surface area contributed by atoms with E-state index in [1.54, 1.807) is 18.4 Å². The third-order valence-electron chi connectivity index (χ3n) is 3.60. The average Bonchev–Trinajstić information content (AvgIpc) is 2.93. The molecule has 0 saturated carbocycles. The average molecular weight is 324 g/mol. The molecule has 0 spiro atoms. The fraction of sp³-hybridized carbons (Fsp3) is 0.412. The Morgan fingerprint density at radius 3 is 2.71 bits per heavy atom. The van der Waals surface area contributed by atoms with Crippen molar-refractivity contribution >= 4 is 22.9 Å². The molecular formula is C17H22ClNOS. The lowest BCUT2D eigenvalue weighted by atomic mass is 9.97. The Hall–Kier alpha value is -1.03. The molecule has 1 heterocycles. The number of rotatable bonds is 6. The van der Waals surface area contributed by atoms with Crippen LogP contribution in [0.5, 0.6) is 5.75 Å². The van der Waals surface area contributed by atoms with Crippen LogP contribution in [0.4, 0.5) is 0 Å². The highest BCUT2D eigenvalue weighted by atomic mass is 35.5. The van der Waals surface area contributed by atoms with Crippen LogP contribution in [0.2, 0.25) is 5.02 Å². The second kappa shape index (κ2) is 7.30. The second-order valence-corrected chi connectivity index (χ2v) is 6.55. The summed E-state index contributed by atoms with van der Waals surface area (Å²) in [5.41, 5.74) is 3.58. The second-order valence-electron chi connectivity index (χ2n) is 5.20. The number of methoxy groups -OCH3 is 1. The summed E-state index contributed by atoms with van der Waals surface area (Å²) < 4.78 is 5.51. The third-order valence-corrected chi connectivity index (χ3v) is 4.97. The van der Waals surface area contributed by atoms with Gasteiger partial charge in [-0.1, -0.05) is 24.6 Å². The van der Waals surface area contributed by atoms with Crippen LogP contribution in [0.1, 0.15) is 41.0 Å². The smallest absolute Gasteiger partial charge is 0.134 e. The lowest BCUT2D eigenvalue weighted by molar-refractivity contribution is 0.407. The number of benzene rings is 1. The van der Waals surface area contributed by atoms with Gasteiger partial charge in [0.1, 0.15) is 5.75 Å². The number of hydrogen-bond acceptors (Lipinski definition) is 3. The first-order chi connectivity index (χ1) is 10.1. The molecule has 2 nitrogen and oxygen atoms in total. The summed E-state index contributed by atoms with van der Waals surface area (Å²) in [6, 6.07) is 6.41. The Bertz CT molecular complexity index is 609. The molecule has 0 aliphatic heterocycles. The maximum atomic E-state index is 6.24. The van der Waals surface area contributed by atoms with Crippen molar-refractivity contribution in [2.75, 3.05) is 13.7 Å². The van der Waals surface area contributed by atoms with Gasteiger partial charge in [-0.05, 0) is 61.0 Å². The number of hydrogen-bond donors (Lipinski definition) is 1. The van der Waals surface area contributed by atoms with Gasteiger partial charge < -0.3 is 10.1 Å². The van der Waals surface area contributed by atoms with Crippen molar-refractivity contribution in [1.82, 2.24) is 5.32 Å². The number of aryl methyl sites for hydroxylation is 2. The molecular weight excluding hydrogens is 302 g/mol. The first-order valence-corrected chi connectivity index (χ1v) is 8.45. The molecule has 0 saturated heterocycles. The minimum atomic E-state index is 0.149. The summed E-state index contributed by atoms with van der Waals surface area (Å²) >= 11 is 7.96. The maximum absolute atomic E-state index is 6.24. The molecule has 1 N–H and O–H groups in total. The van der Waals surface area contributed by atoms with Gasteiger partial charge in [0, 0.05) is 5.02 Å². The molecule has 4 heteroatoms. The van der Waals surface area contributed by atoms with Gasteiger partial charge in [-0.2, -0.15) is 0 Å². The van der Waals surface area contributed by atoms with E-state index < -0.39 is 0 Å². The van der Waals surface area contributed by atoms with Gasteiger partial charge in [-0.25, -0.2) is 0 Å². The summed E-state index contributed by atoms with van der Waals surface area (Å²) in [7, 11) is 1.72. The van der Waals surface area contributed by atoms with Crippen molar-refractivity contribution in [2.45, 2.75) is 33.2 Å². The summed E-state index contributed by atoms with van der Waals surface area (Å²) in [5.74, 6) is 0.945. The molecule has 0 fully saturated rings.